The molecular weight excluding hydrogens is 459 g/mol. The maximum Gasteiger partial charge on any atom is 0.331 e. The Morgan fingerprint density at radius 3 is 2.47 bits per heavy atom. The monoisotopic (exact) mass is 480 g/mol. The van der Waals surface area contributed by atoms with Gasteiger partial charge in [-0.25, -0.2) is 4.79 Å². The van der Waals surface area contributed by atoms with E-state index in [0.29, 0.717) is 38.4 Å². The molecule has 0 saturated heterocycles. The molecule has 0 spiro atoms. The van der Waals surface area contributed by atoms with Crippen LogP contribution in [0.1, 0.15) is 11.1 Å². The van der Waals surface area contributed by atoms with E-state index in [-0.39, 0.29) is 6.54 Å². The summed E-state index contributed by atoms with van der Waals surface area (Å²) < 4.78 is 15.2. The molecule has 32 heavy (non-hydrogen) atoms. The average Bonchev–Trinajstić information content (AvgIpc) is 2.77. The first kappa shape index (κ1) is 25.0. The molecule has 0 fully saturated rings. The molecule has 10 heteroatoms. The van der Waals surface area contributed by atoms with Gasteiger partial charge in [0.05, 0.1) is 25.8 Å². The van der Waals surface area contributed by atoms with Crippen molar-refractivity contribution < 1.29 is 28.6 Å². The van der Waals surface area contributed by atoms with Crippen molar-refractivity contribution in [2.45, 2.75) is 6.92 Å². The van der Waals surface area contributed by atoms with Crippen LogP contribution >= 0.6 is 23.2 Å². The van der Waals surface area contributed by atoms with Crippen LogP contribution < -0.4 is 20.1 Å². The normalized spacial score (nSPS) is 10.5. The Morgan fingerprint density at radius 1 is 1.03 bits per heavy atom. The Hall–Kier alpha value is -3.23. The lowest BCUT2D eigenvalue weighted by Crippen LogP contribution is -2.35. The Bertz CT molecular complexity index is 1040. The minimum atomic E-state index is -0.745. The van der Waals surface area contributed by atoms with Crippen LogP contribution in [-0.4, -0.2) is 45.2 Å². The SMILES string of the molecule is COc1cc(/C=C/C(=O)OCC(=O)NCC(=O)Nc2cccc(Cl)c2C)cc(Cl)c1OC. The van der Waals surface area contributed by atoms with Gasteiger partial charge in [0, 0.05) is 16.8 Å². The van der Waals surface area contributed by atoms with E-state index in [4.69, 9.17) is 37.4 Å². The van der Waals surface area contributed by atoms with E-state index in [1.807, 2.05) is 0 Å². The van der Waals surface area contributed by atoms with Crippen LogP contribution in [0.15, 0.2) is 36.4 Å². The molecule has 0 aliphatic rings. The Labute approximate surface area is 195 Å². The summed E-state index contributed by atoms with van der Waals surface area (Å²) in [4.78, 5) is 35.7. The summed E-state index contributed by atoms with van der Waals surface area (Å²) in [6.45, 7) is 0.932. The lowest BCUT2D eigenvalue weighted by atomic mass is 10.2. The zero-order valence-corrected chi connectivity index (χ0v) is 19.2. The van der Waals surface area contributed by atoms with Crippen LogP contribution in [-0.2, 0) is 19.1 Å². The van der Waals surface area contributed by atoms with E-state index in [9.17, 15) is 14.4 Å². The number of amides is 2. The van der Waals surface area contributed by atoms with E-state index in [1.54, 1.807) is 37.3 Å². The molecule has 0 atom stereocenters. The fourth-order valence-electron chi connectivity index (χ4n) is 2.55. The van der Waals surface area contributed by atoms with E-state index < -0.39 is 24.4 Å². The number of benzene rings is 2. The number of halogens is 2. The van der Waals surface area contributed by atoms with Gasteiger partial charge in [-0.15, -0.1) is 0 Å². The quantitative estimate of drug-likeness (QED) is 0.419. The highest BCUT2D eigenvalue weighted by Crippen LogP contribution is 2.36. The summed E-state index contributed by atoms with van der Waals surface area (Å²) in [5, 5.41) is 5.84. The number of rotatable bonds is 9. The third kappa shape index (κ3) is 7.18. The van der Waals surface area contributed by atoms with Gasteiger partial charge in [-0.05, 0) is 48.4 Å². The summed E-state index contributed by atoms with van der Waals surface area (Å²) in [5.41, 5.74) is 1.83. The molecule has 0 aromatic heterocycles. The standard InChI is InChI=1S/C22H22Cl2N2O6/c1-13-15(23)5-4-6-17(13)26-19(27)11-25-20(28)12-32-21(29)8-7-14-9-16(24)22(31-3)18(10-14)30-2/h4-10H,11-12H2,1-3H3,(H,25,28)(H,26,27)/b8-7+. The predicted molar refractivity (Wildman–Crippen MR) is 122 cm³/mol. The fraction of sp³-hybridized carbons (Fsp3) is 0.227. The number of carbonyl (C=O) groups is 3. The third-order valence-electron chi connectivity index (χ3n) is 4.20. The Balaban J connectivity index is 1.80. The van der Waals surface area contributed by atoms with Gasteiger partial charge < -0.3 is 24.8 Å². The zero-order chi connectivity index (χ0) is 23.7. The lowest BCUT2D eigenvalue weighted by Gasteiger charge is -2.10. The molecule has 0 aliphatic carbocycles. The van der Waals surface area contributed by atoms with E-state index in [0.717, 1.165) is 6.08 Å². The molecule has 0 unspecified atom stereocenters. The summed E-state index contributed by atoms with van der Waals surface area (Å²) in [5.74, 6) is -1.04. The molecule has 8 nitrogen and oxygen atoms in total. The number of hydrogen-bond donors (Lipinski definition) is 2. The van der Waals surface area contributed by atoms with Crippen molar-refractivity contribution >= 4 is 52.7 Å². The number of esters is 1. The molecule has 0 bridgehead atoms. The number of methoxy groups -OCH3 is 2. The van der Waals surface area contributed by atoms with Gasteiger partial charge in [0.15, 0.2) is 18.1 Å². The molecule has 0 aliphatic heterocycles. The van der Waals surface area contributed by atoms with Gasteiger partial charge in [0.2, 0.25) is 5.91 Å². The molecule has 2 amide bonds. The summed E-state index contributed by atoms with van der Waals surface area (Å²) in [6, 6.07) is 8.31. The van der Waals surface area contributed by atoms with Crippen molar-refractivity contribution in [2.24, 2.45) is 0 Å². The molecule has 2 rings (SSSR count). The van der Waals surface area contributed by atoms with Crippen molar-refractivity contribution in [3.8, 4) is 11.5 Å². The second kappa shape index (κ2) is 12.0. The first-order valence-electron chi connectivity index (χ1n) is 9.33. The van der Waals surface area contributed by atoms with Crippen LogP contribution in [0, 0.1) is 6.92 Å². The average molecular weight is 481 g/mol. The number of hydrogen-bond acceptors (Lipinski definition) is 6. The maximum absolute atomic E-state index is 12.0. The van der Waals surface area contributed by atoms with Crippen molar-refractivity contribution in [1.82, 2.24) is 5.32 Å². The molecule has 0 saturated carbocycles. The Morgan fingerprint density at radius 2 is 1.78 bits per heavy atom. The first-order chi connectivity index (χ1) is 15.2. The smallest absolute Gasteiger partial charge is 0.331 e. The first-order valence-corrected chi connectivity index (χ1v) is 10.1. The maximum atomic E-state index is 12.0. The fourth-order valence-corrected chi connectivity index (χ4v) is 3.02. The van der Waals surface area contributed by atoms with Crippen molar-refractivity contribution in [2.75, 3.05) is 32.7 Å². The molecule has 170 valence electrons. The van der Waals surface area contributed by atoms with E-state index in [1.165, 1.54) is 20.3 Å². The predicted octanol–water partition coefficient (Wildman–Crippen LogP) is 3.63. The largest absolute Gasteiger partial charge is 0.493 e. The molecule has 0 heterocycles. The summed E-state index contributed by atoms with van der Waals surface area (Å²) in [6.07, 6.45) is 2.59. The van der Waals surface area contributed by atoms with Gasteiger partial charge in [-0.3, -0.25) is 9.59 Å². The van der Waals surface area contributed by atoms with Gasteiger partial charge in [-0.2, -0.15) is 0 Å². The van der Waals surface area contributed by atoms with Crippen LogP contribution in [0.2, 0.25) is 10.0 Å². The minimum Gasteiger partial charge on any atom is -0.493 e. The van der Waals surface area contributed by atoms with Crippen LogP contribution in [0.5, 0.6) is 11.5 Å². The molecule has 2 N–H and O–H groups in total. The second-order valence-corrected chi connectivity index (χ2v) is 7.23. The van der Waals surface area contributed by atoms with Gasteiger partial charge in [0.1, 0.15) is 0 Å². The lowest BCUT2D eigenvalue weighted by molar-refractivity contribution is -0.143. The second-order valence-electron chi connectivity index (χ2n) is 6.42. The third-order valence-corrected chi connectivity index (χ3v) is 4.89. The highest BCUT2D eigenvalue weighted by atomic mass is 35.5. The van der Waals surface area contributed by atoms with Gasteiger partial charge in [-0.1, -0.05) is 29.3 Å². The molecule has 2 aromatic carbocycles. The van der Waals surface area contributed by atoms with Crippen LogP contribution in [0.4, 0.5) is 5.69 Å². The van der Waals surface area contributed by atoms with Gasteiger partial charge >= 0.3 is 5.97 Å². The van der Waals surface area contributed by atoms with Crippen LogP contribution in [0.25, 0.3) is 6.08 Å². The molecule has 0 radical (unpaired) electrons. The van der Waals surface area contributed by atoms with Crippen molar-refractivity contribution in [3.05, 3.63) is 57.6 Å². The molecule has 2 aromatic rings. The molecular formula is C22H22Cl2N2O6. The van der Waals surface area contributed by atoms with Crippen molar-refractivity contribution in [1.29, 1.82) is 0 Å². The van der Waals surface area contributed by atoms with E-state index in [2.05, 4.69) is 10.6 Å². The summed E-state index contributed by atoms with van der Waals surface area (Å²) in [7, 11) is 2.93. The number of carbonyl (C=O) groups excluding carboxylic acids is 3. The highest BCUT2D eigenvalue weighted by molar-refractivity contribution is 6.32. The van der Waals surface area contributed by atoms with Crippen molar-refractivity contribution in [3.63, 3.8) is 0 Å². The highest BCUT2D eigenvalue weighted by Gasteiger charge is 2.11. The topological polar surface area (TPSA) is 103 Å². The van der Waals surface area contributed by atoms with Crippen LogP contribution in [0.3, 0.4) is 0 Å². The Kier molecular flexibility index (Phi) is 9.37. The summed E-state index contributed by atoms with van der Waals surface area (Å²) >= 11 is 12.1. The number of nitrogens with one attached hydrogen (secondary N) is 2. The zero-order valence-electron chi connectivity index (χ0n) is 17.7. The van der Waals surface area contributed by atoms with E-state index >= 15 is 0 Å². The number of anilines is 1. The minimum absolute atomic E-state index is 0.289. The van der Waals surface area contributed by atoms with Gasteiger partial charge in [0.25, 0.3) is 5.91 Å². The number of ether oxygens (including phenoxy) is 3.